The molecule has 0 aliphatic heterocycles. The number of nitrogens with zero attached hydrogens (tertiary/aromatic N) is 1. The third kappa shape index (κ3) is 2.66. The molecule has 0 bridgehead atoms. The molecule has 0 aliphatic carbocycles. The Morgan fingerprint density at radius 2 is 1.77 bits per heavy atom. The van der Waals surface area contributed by atoms with E-state index in [0.717, 1.165) is 28.0 Å². The van der Waals surface area contributed by atoms with Crippen LogP contribution in [-0.2, 0) is 10.0 Å². The molecule has 1 aromatic heterocycles. The second-order valence-corrected chi connectivity index (χ2v) is 7.92. The van der Waals surface area contributed by atoms with Crippen LogP contribution in [0.4, 0.5) is 0 Å². The average Bonchev–Trinajstić information content (AvgIpc) is 2.99. The fraction of sp³-hybridized carbons (Fsp3) is 0.176. The van der Waals surface area contributed by atoms with E-state index in [9.17, 15) is 8.42 Å². The molecule has 0 unspecified atom stereocenters. The molecule has 0 aliphatic rings. The Bertz CT molecular complexity index is 883. The molecule has 3 rings (SSSR count). The van der Waals surface area contributed by atoms with Crippen LogP contribution in [0, 0.1) is 0 Å². The predicted octanol–water partition coefficient (Wildman–Crippen LogP) is 4.38. The Morgan fingerprint density at radius 3 is 2.50 bits per heavy atom. The summed E-state index contributed by atoms with van der Waals surface area (Å²) in [6.07, 6.45) is 2.73. The number of fused-ring (bicyclic) bond motifs is 1. The SMILES string of the molecule is CCCSc1cccc2c1ccn2S(=O)(=O)c1ccccc1. The van der Waals surface area contributed by atoms with E-state index in [0.29, 0.717) is 4.90 Å². The van der Waals surface area contributed by atoms with Gasteiger partial charge in [0.15, 0.2) is 0 Å². The van der Waals surface area contributed by atoms with Gasteiger partial charge in [0.1, 0.15) is 0 Å². The summed E-state index contributed by atoms with van der Waals surface area (Å²) in [5, 5.41) is 0.987. The quantitative estimate of drug-likeness (QED) is 0.651. The lowest BCUT2D eigenvalue weighted by Crippen LogP contribution is -2.11. The zero-order chi connectivity index (χ0) is 15.6. The van der Waals surface area contributed by atoms with Gasteiger partial charge in [0.2, 0.25) is 0 Å². The highest BCUT2D eigenvalue weighted by Crippen LogP contribution is 2.30. The van der Waals surface area contributed by atoms with Gasteiger partial charge in [0, 0.05) is 16.5 Å². The minimum atomic E-state index is -3.55. The van der Waals surface area contributed by atoms with Crippen LogP contribution in [0.2, 0.25) is 0 Å². The Labute approximate surface area is 135 Å². The van der Waals surface area contributed by atoms with Crippen LogP contribution in [0.5, 0.6) is 0 Å². The summed E-state index contributed by atoms with van der Waals surface area (Å²) in [4.78, 5) is 1.43. The molecule has 0 atom stereocenters. The number of hydrogen-bond donors (Lipinski definition) is 0. The Morgan fingerprint density at radius 1 is 1.00 bits per heavy atom. The standard InChI is InChI=1S/C17H17NO2S2/c1-2-13-21-17-10-6-9-16-15(17)11-12-18(16)22(19,20)14-7-4-3-5-8-14/h3-12H,2,13H2,1H3. The molecule has 0 saturated carbocycles. The van der Waals surface area contributed by atoms with Crippen LogP contribution in [0.1, 0.15) is 13.3 Å². The van der Waals surface area contributed by atoms with Crippen LogP contribution in [0.25, 0.3) is 10.9 Å². The molecule has 22 heavy (non-hydrogen) atoms. The molecule has 0 N–H and O–H groups in total. The first-order chi connectivity index (χ1) is 10.6. The van der Waals surface area contributed by atoms with Gasteiger partial charge in [-0.25, -0.2) is 12.4 Å². The maximum atomic E-state index is 12.8. The van der Waals surface area contributed by atoms with Gasteiger partial charge in [-0.15, -0.1) is 11.8 Å². The van der Waals surface area contributed by atoms with Crippen molar-refractivity contribution >= 4 is 32.7 Å². The van der Waals surface area contributed by atoms with Crippen LogP contribution < -0.4 is 0 Å². The van der Waals surface area contributed by atoms with E-state index in [-0.39, 0.29) is 0 Å². The number of thioether (sulfide) groups is 1. The fourth-order valence-corrected chi connectivity index (χ4v) is 4.66. The van der Waals surface area contributed by atoms with E-state index in [4.69, 9.17) is 0 Å². The van der Waals surface area contributed by atoms with Crippen molar-refractivity contribution in [3.8, 4) is 0 Å². The predicted molar refractivity (Wildman–Crippen MR) is 92.0 cm³/mol. The molecule has 0 amide bonds. The summed E-state index contributed by atoms with van der Waals surface area (Å²) in [5.74, 6) is 1.02. The largest absolute Gasteiger partial charge is 0.268 e. The van der Waals surface area contributed by atoms with E-state index in [2.05, 4.69) is 6.92 Å². The van der Waals surface area contributed by atoms with Gasteiger partial charge in [-0.05, 0) is 42.5 Å². The monoisotopic (exact) mass is 331 g/mol. The topological polar surface area (TPSA) is 39.1 Å². The molecule has 0 saturated heterocycles. The zero-order valence-corrected chi connectivity index (χ0v) is 13.9. The maximum Gasteiger partial charge on any atom is 0.268 e. The number of benzene rings is 2. The first kappa shape index (κ1) is 15.2. The van der Waals surface area contributed by atoms with Crippen molar-refractivity contribution in [2.24, 2.45) is 0 Å². The number of aromatic nitrogens is 1. The van der Waals surface area contributed by atoms with Crippen molar-refractivity contribution in [2.45, 2.75) is 23.1 Å². The lowest BCUT2D eigenvalue weighted by atomic mass is 10.2. The molecule has 0 spiro atoms. The number of hydrogen-bond acceptors (Lipinski definition) is 3. The van der Waals surface area contributed by atoms with Gasteiger partial charge in [0.25, 0.3) is 10.0 Å². The molecule has 5 heteroatoms. The molecular weight excluding hydrogens is 314 g/mol. The summed E-state index contributed by atoms with van der Waals surface area (Å²) >= 11 is 1.76. The van der Waals surface area contributed by atoms with Crippen LogP contribution >= 0.6 is 11.8 Å². The lowest BCUT2D eigenvalue weighted by Gasteiger charge is -2.08. The Hall–Kier alpha value is -1.72. The van der Waals surface area contributed by atoms with E-state index in [1.807, 2.05) is 30.3 Å². The maximum absolute atomic E-state index is 12.8. The Kier molecular flexibility index (Phi) is 4.27. The minimum Gasteiger partial charge on any atom is -0.241 e. The summed E-state index contributed by atoms with van der Waals surface area (Å²) in [6.45, 7) is 2.14. The Balaban J connectivity index is 2.13. The molecular formula is C17H17NO2S2. The third-order valence-corrected chi connectivity index (χ3v) is 6.40. The van der Waals surface area contributed by atoms with Gasteiger partial charge in [-0.1, -0.05) is 31.2 Å². The number of rotatable bonds is 5. The molecule has 3 aromatic rings. The van der Waals surface area contributed by atoms with Gasteiger partial charge in [0.05, 0.1) is 10.4 Å². The molecule has 114 valence electrons. The molecule has 2 aromatic carbocycles. The van der Waals surface area contributed by atoms with E-state index in [1.165, 1.54) is 3.97 Å². The van der Waals surface area contributed by atoms with E-state index < -0.39 is 10.0 Å². The summed E-state index contributed by atoms with van der Waals surface area (Å²) < 4.78 is 26.9. The van der Waals surface area contributed by atoms with Crippen molar-refractivity contribution in [1.82, 2.24) is 3.97 Å². The minimum absolute atomic E-state index is 0.305. The van der Waals surface area contributed by atoms with Crippen LogP contribution in [0.3, 0.4) is 0 Å². The van der Waals surface area contributed by atoms with Gasteiger partial charge in [-0.2, -0.15) is 0 Å². The molecule has 0 radical (unpaired) electrons. The highest BCUT2D eigenvalue weighted by atomic mass is 32.2. The normalized spacial score (nSPS) is 11.9. The fourth-order valence-electron chi connectivity index (χ4n) is 2.37. The first-order valence-electron chi connectivity index (χ1n) is 7.18. The first-order valence-corrected chi connectivity index (χ1v) is 9.60. The van der Waals surface area contributed by atoms with Crippen LogP contribution in [-0.4, -0.2) is 18.1 Å². The second kappa shape index (κ2) is 6.18. The third-order valence-electron chi connectivity index (χ3n) is 3.42. The van der Waals surface area contributed by atoms with Crippen molar-refractivity contribution in [3.63, 3.8) is 0 Å². The zero-order valence-electron chi connectivity index (χ0n) is 12.3. The van der Waals surface area contributed by atoms with Gasteiger partial charge < -0.3 is 0 Å². The van der Waals surface area contributed by atoms with Crippen molar-refractivity contribution in [1.29, 1.82) is 0 Å². The summed E-state index contributed by atoms with van der Waals surface area (Å²) in [6, 6.07) is 16.2. The van der Waals surface area contributed by atoms with Crippen LogP contribution in [0.15, 0.2) is 70.6 Å². The van der Waals surface area contributed by atoms with Crippen molar-refractivity contribution < 1.29 is 8.42 Å². The molecule has 0 fully saturated rings. The molecule has 3 nitrogen and oxygen atoms in total. The van der Waals surface area contributed by atoms with E-state index >= 15 is 0 Å². The average molecular weight is 331 g/mol. The molecule has 1 heterocycles. The highest BCUT2D eigenvalue weighted by molar-refractivity contribution is 7.99. The summed E-state index contributed by atoms with van der Waals surface area (Å²) in [7, 11) is -3.55. The van der Waals surface area contributed by atoms with Crippen molar-refractivity contribution in [3.05, 3.63) is 60.8 Å². The lowest BCUT2D eigenvalue weighted by molar-refractivity contribution is 0.589. The van der Waals surface area contributed by atoms with Gasteiger partial charge >= 0.3 is 0 Å². The van der Waals surface area contributed by atoms with Gasteiger partial charge in [-0.3, -0.25) is 0 Å². The highest BCUT2D eigenvalue weighted by Gasteiger charge is 2.19. The summed E-state index contributed by atoms with van der Waals surface area (Å²) in [5.41, 5.74) is 0.727. The van der Waals surface area contributed by atoms with Crippen molar-refractivity contribution in [2.75, 3.05) is 5.75 Å². The van der Waals surface area contributed by atoms with E-state index in [1.54, 1.807) is 42.2 Å². The second-order valence-electron chi connectivity index (χ2n) is 4.97. The smallest absolute Gasteiger partial charge is 0.241 e.